The molecular formula is C18H14ClFN2OS. The maximum absolute atomic E-state index is 14.0. The molecule has 6 heteroatoms. The molecular weight excluding hydrogens is 347 g/mol. The van der Waals surface area contributed by atoms with Crippen molar-refractivity contribution in [1.82, 2.24) is 4.57 Å². The van der Waals surface area contributed by atoms with Crippen molar-refractivity contribution in [3.63, 3.8) is 0 Å². The molecule has 0 radical (unpaired) electrons. The number of fused-ring (bicyclic) bond motifs is 1. The molecule has 3 rings (SSSR count). The van der Waals surface area contributed by atoms with Crippen LogP contribution in [0.2, 0.25) is 5.02 Å². The molecule has 2 aromatic carbocycles. The molecule has 0 spiro atoms. The van der Waals surface area contributed by atoms with Crippen LogP contribution in [0.4, 0.5) is 4.39 Å². The van der Waals surface area contributed by atoms with E-state index in [9.17, 15) is 9.18 Å². The lowest BCUT2D eigenvalue weighted by molar-refractivity contribution is -0.113. The highest BCUT2D eigenvalue weighted by Gasteiger charge is 2.09. The molecule has 3 nitrogen and oxygen atoms in total. The Kier molecular flexibility index (Phi) is 4.92. The second-order valence-corrected chi connectivity index (χ2v) is 6.44. The van der Waals surface area contributed by atoms with Crippen LogP contribution in [0.25, 0.3) is 16.3 Å². The number of halogens is 2. The molecule has 0 unspecified atom stereocenters. The summed E-state index contributed by atoms with van der Waals surface area (Å²) in [5.41, 5.74) is 1.22. The molecule has 0 atom stereocenters. The molecule has 3 aromatic rings. The molecule has 1 aromatic heterocycles. The number of amides is 1. The Morgan fingerprint density at radius 3 is 2.83 bits per heavy atom. The Bertz CT molecular complexity index is 1000. The minimum absolute atomic E-state index is 0.314. The summed E-state index contributed by atoms with van der Waals surface area (Å²) in [4.78, 5) is 16.7. The van der Waals surface area contributed by atoms with Gasteiger partial charge in [0.15, 0.2) is 4.80 Å². The van der Waals surface area contributed by atoms with Crippen molar-refractivity contribution < 1.29 is 9.18 Å². The summed E-state index contributed by atoms with van der Waals surface area (Å²) in [6.07, 6.45) is 2.99. The lowest BCUT2D eigenvalue weighted by Gasteiger charge is -2.00. The van der Waals surface area contributed by atoms with Crippen molar-refractivity contribution in [2.45, 2.75) is 13.5 Å². The van der Waals surface area contributed by atoms with Gasteiger partial charge in [0.1, 0.15) is 5.82 Å². The van der Waals surface area contributed by atoms with E-state index in [0.29, 0.717) is 21.9 Å². The second kappa shape index (κ2) is 7.11. The molecule has 0 bridgehead atoms. The summed E-state index contributed by atoms with van der Waals surface area (Å²) in [6, 6.07) is 12.1. The van der Waals surface area contributed by atoms with Crippen molar-refractivity contribution in [3.8, 4) is 0 Å². The smallest absolute Gasteiger partial charge is 0.272 e. The van der Waals surface area contributed by atoms with Crippen molar-refractivity contribution in [2.75, 3.05) is 0 Å². The topological polar surface area (TPSA) is 34.4 Å². The highest BCUT2D eigenvalue weighted by molar-refractivity contribution is 7.16. The summed E-state index contributed by atoms with van der Waals surface area (Å²) in [5, 5.41) is 0.564. The van der Waals surface area contributed by atoms with Gasteiger partial charge in [-0.05, 0) is 36.8 Å². The maximum Gasteiger partial charge on any atom is 0.272 e. The lowest BCUT2D eigenvalue weighted by Crippen LogP contribution is -2.15. The first-order valence-corrected chi connectivity index (χ1v) is 8.58. The zero-order valence-electron chi connectivity index (χ0n) is 12.9. The van der Waals surface area contributed by atoms with E-state index >= 15 is 0 Å². The third-order valence-corrected chi connectivity index (χ3v) is 4.87. The van der Waals surface area contributed by atoms with Gasteiger partial charge in [-0.1, -0.05) is 47.2 Å². The largest absolute Gasteiger partial charge is 0.314 e. The number of rotatable bonds is 3. The molecule has 0 saturated carbocycles. The zero-order chi connectivity index (χ0) is 17.1. The van der Waals surface area contributed by atoms with E-state index in [1.165, 1.54) is 23.5 Å². The number of nitrogens with zero attached hydrogens (tertiary/aromatic N) is 2. The van der Waals surface area contributed by atoms with E-state index < -0.39 is 5.91 Å². The molecule has 1 heterocycles. The molecule has 0 saturated heterocycles. The van der Waals surface area contributed by atoms with Gasteiger partial charge in [-0.15, -0.1) is 0 Å². The standard InChI is InChI=1S/C18H14ClFN2OS/c1-2-22-17-14(20)8-5-9-15(17)24-18(22)21-16(23)11-10-12-6-3-4-7-13(12)19/h3-11H,2H2,1H3/b11-10+,21-18?. The summed E-state index contributed by atoms with van der Waals surface area (Å²) >= 11 is 7.34. The summed E-state index contributed by atoms with van der Waals surface area (Å²) < 4.78 is 16.5. The van der Waals surface area contributed by atoms with Crippen LogP contribution in [0.1, 0.15) is 12.5 Å². The first-order chi connectivity index (χ1) is 11.6. The normalized spacial score (nSPS) is 12.4. The van der Waals surface area contributed by atoms with Crippen molar-refractivity contribution in [1.29, 1.82) is 0 Å². The average Bonchev–Trinajstić information content (AvgIpc) is 2.92. The number of carbonyl (C=O) groups excluding carboxylic acids is 1. The van der Waals surface area contributed by atoms with Crippen LogP contribution in [-0.2, 0) is 11.3 Å². The van der Waals surface area contributed by atoms with Gasteiger partial charge < -0.3 is 4.57 Å². The van der Waals surface area contributed by atoms with Crippen LogP contribution in [0.5, 0.6) is 0 Å². The van der Waals surface area contributed by atoms with Gasteiger partial charge in [0.25, 0.3) is 5.91 Å². The average molecular weight is 361 g/mol. The van der Waals surface area contributed by atoms with E-state index in [1.807, 2.05) is 31.2 Å². The van der Waals surface area contributed by atoms with Gasteiger partial charge in [-0.25, -0.2) is 4.39 Å². The van der Waals surface area contributed by atoms with E-state index in [4.69, 9.17) is 11.6 Å². The molecule has 0 aliphatic heterocycles. The number of para-hydroxylation sites is 1. The van der Waals surface area contributed by atoms with Crippen molar-refractivity contribution >= 4 is 45.1 Å². The molecule has 1 amide bonds. The van der Waals surface area contributed by atoms with Crippen LogP contribution in [-0.4, -0.2) is 10.5 Å². The first kappa shape index (κ1) is 16.6. The van der Waals surface area contributed by atoms with Crippen molar-refractivity contribution in [3.05, 3.63) is 69.7 Å². The molecule has 0 N–H and O–H groups in total. The Morgan fingerprint density at radius 2 is 2.08 bits per heavy atom. The number of hydrogen-bond acceptors (Lipinski definition) is 2. The minimum Gasteiger partial charge on any atom is -0.314 e. The second-order valence-electron chi connectivity index (χ2n) is 5.02. The Hall–Kier alpha value is -2.24. The predicted molar refractivity (Wildman–Crippen MR) is 96.5 cm³/mol. The van der Waals surface area contributed by atoms with Gasteiger partial charge in [0, 0.05) is 17.6 Å². The quantitative estimate of drug-likeness (QED) is 0.626. The van der Waals surface area contributed by atoms with E-state index in [-0.39, 0.29) is 5.82 Å². The van der Waals surface area contributed by atoms with Gasteiger partial charge in [0.05, 0.1) is 10.2 Å². The number of aromatic nitrogens is 1. The summed E-state index contributed by atoms with van der Waals surface area (Å²) in [6.45, 7) is 2.42. The fraction of sp³-hybridized carbons (Fsp3) is 0.111. The van der Waals surface area contributed by atoms with Crippen LogP contribution in [0.3, 0.4) is 0 Å². The van der Waals surface area contributed by atoms with Crippen LogP contribution in [0.15, 0.2) is 53.5 Å². The van der Waals surface area contributed by atoms with Gasteiger partial charge >= 0.3 is 0 Å². The van der Waals surface area contributed by atoms with E-state index in [1.54, 1.807) is 22.8 Å². The van der Waals surface area contributed by atoms with Crippen LogP contribution >= 0.6 is 22.9 Å². The fourth-order valence-corrected chi connectivity index (χ4v) is 3.68. The minimum atomic E-state index is -0.413. The highest BCUT2D eigenvalue weighted by atomic mass is 35.5. The van der Waals surface area contributed by atoms with Crippen LogP contribution in [0, 0.1) is 5.82 Å². The summed E-state index contributed by atoms with van der Waals surface area (Å²) in [5.74, 6) is -0.727. The number of carbonyl (C=O) groups is 1. The fourth-order valence-electron chi connectivity index (χ4n) is 2.37. The zero-order valence-corrected chi connectivity index (χ0v) is 14.4. The SMILES string of the molecule is CCn1c(=NC(=O)/C=C/c2ccccc2Cl)sc2cccc(F)c21. The lowest BCUT2D eigenvalue weighted by atomic mass is 10.2. The predicted octanol–water partition coefficient (Wildman–Crippen LogP) is 4.66. The third-order valence-electron chi connectivity index (χ3n) is 3.48. The maximum atomic E-state index is 14.0. The monoisotopic (exact) mass is 360 g/mol. The van der Waals surface area contributed by atoms with Gasteiger partial charge in [-0.2, -0.15) is 4.99 Å². The molecule has 0 aliphatic carbocycles. The number of thiazole rings is 1. The Balaban J connectivity index is 1.99. The van der Waals surface area contributed by atoms with Gasteiger partial charge in [0.2, 0.25) is 0 Å². The van der Waals surface area contributed by atoms with Gasteiger partial charge in [-0.3, -0.25) is 4.79 Å². The van der Waals surface area contributed by atoms with E-state index in [0.717, 1.165) is 10.3 Å². The molecule has 24 heavy (non-hydrogen) atoms. The van der Waals surface area contributed by atoms with Crippen LogP contribution < -0.4 is 4.80 Å². The van der Waals surface area contributed by atoms with Crippen molar-refractivity contribution in [2.24, 2.45) is 4.99 Å². The number of hydrogen-bond donors (Lipinski definition) is 0. The summed E-state index contributed by atoms with van der Waals surface area (Å²) in [7, 11) is 0. The third kappa shape index (κ3) is 3.32. The molecule has 0 aliphatic rings. The molecule has 0 fully saturated rings. The number of aryl methyl sites for hydroxylation is 1. The Labute approximate surface area is 147 Å². The molecule has 122 valence electrons. The highest BCUT2D eigenvalue weighted by Crippen LogP contribution is 2.20. The Morgan fingerprint density at radius 1 is 1.29 bits per heavy atom. The first-order valence-electron chi connectivity index (χ1n) is 7.39. The van der Waals surface area contributed by atoms with E-state index in [2.05, 4.69) is 4.99 Å². The number of benzene rings is 2.